The molecule has 0 radical (unpaired) electrons. The summed E-state index contributed by atoms with van der Waals surface area (Å²) in [5.74, 6) is 0.963. The van der Waals surface area contributed by atoms with Crippen molar-refractivity contribution in [2.75, 3.05) is 33.7 Å². The highest BCUT2D eigenvalue weighted by molar-refractivity contribution is 5.81. The van der Waals surface area contributed by atoms with Crippen molar-refractivity contribution in [1.82, 2.24) is 15.1 Å². The van der Waals surface area contributed by atoms with Gasteiger partial charge in [-0.2, -0.15) is 0 Å². The van der Waals surface area contributed by atoms with Gasteiger partial charge < -0.3 is 10.2 Å². The molecule has 1 rings (SSSR count). The van der Waals surface area contributed by atoms with Crippen molar-refractivity contribution in [1.29, 1.82) is 0 Å². The molecule has 1 N–H and O–H groups in total. The van der Waals surface area contributed by atoms with Crippen LogP contribution < -0.4 is 5.32 Å². The summed E-state index contributed by atoms with van der Waals surface area (Å²) in [6.07, 6.45) is 3.54. The molecule has 0 bridgehead atoms. The first-order valence-corrected chi connectivity index (χ1v) is 7.68. The molecular weight excluding hydrogens is 238 g/mol. The molecule has 0 aromatic carbocycles. The van der Waals surface area contributed by atoms with E-state index in [0.717, 1.165) is 32.0 Å². The Balaban J connectivity index is 2.76. The normalized spacial score (nSPS) is 23.9. The molecule has 1 fully saturated rings. The molecule has 112 valence electrons. The van der Waals surface area contributed by atoms with Crippen LogP contribution in [0.5, 0.6) is 0 Å². The minimum absolute atomic E-state index is 0.0118. The predicted molar refractivity (Wildman–Crippen MR) is 80.2 cm³/mol. The standard InChI is InChI=1S/C15H31N3O/c1-6-12(3)10-13(7-2)18-9-8-16-11-14(18)15(19)17(4)5/h12-14,16H,6-11H2,1-5H3. The van der Waals surface area contributed by atoms with Gasteiger partial charge in [0.25, 0.3) is 0 Å². The van der Waals surface area contributed by atoms with E-state index in [2.05, 4.69) is 31.0 Å². The third-order valence-corrected chi connectivity index (χ3v) is 4.32. The van der Waals surface area contributed by atoms with Crippen LogP contribution in [0.2, 0.25) is 0 Å². The van der Waals surface area contributed by atoms with E-state index in [4.69, 9.17) is 0 Å². The van der Waals surface area contributed by atoms with Crippen molar-refractivity contribution < 1.29 is 4.79 Å². The monoisotopic (exact) mass is 269 g/mol. The highest BCUT2D eigenvalue weighted by Gasteiger charge is 2.33. The molecule has 4 nitrogen and oxygen atoms in total. The third kappa shape index (κ3) is 4.46. The molecule has 1 aliphatic heterocycles. The molecule has 1 amide bonds. The molecule has 19 heavy (non-hydrogen) atoms. The highest BCUT2D eigenvalue weighted by atomic mass is 16.2. The minimum Gasteiger partial charge on any atom is -0.347 e. The van der Waals surface area contributed by atoms with Gasteiger partial charge in [-0.1, -0.05) is 27.2 Å². The predicted octanol–water partition coefficient (Wildman–Crippen LogP) is 1.56. The van der Waals surface area contributed by atoms with Crippen LogP contribution in [0, 0.1) is 5.92 Å². The first kappa shape index (κ1) is 16.4. The summed E-state index contributed by atoms with van der Waals surface area (Å²) in [5.41, 5.74) is 0. The van der Waals surface area contributed by atoms with Gasteiger partial charge in [-0.05, 0) is 18.8 Å². The second-order valence-corrected chi connectivity index (χ2v) is 6.00. The van der Waals surface area contributed by atoms with Gasteiger partial charge in [-0.15, -0.1) is 0 Å². The summed E-state index contributed by atoms with van der Waals surface area (Å²) >= 11 is 0. The topological polar surface area (TPSA) is 35.6 Å². The van der Waals surface area contributed by atoms with Gasteiger partial charge in [0.15, 0.2) is 0 Å². The number of likely N-dealkylation sites (N-methyl/N-ethyl adjacent to an activating group) is 1. The van der Waals surface area contributed by atoms with Crippen LogP contribution >= 0.6 is 0 Å². The van der Waals surface area contributed by atoms with E-state index < -0.39 is 0 Å². The average molecular weight is 269 g/mol. The molecule has 1 heterocycles. The maximum absolute atomic E-state index is 12.3. The molecule has 0 aliphatic carbocycles. The number of rotatable bonds is 6. The summed E-state index contributed by atoms with van der Waals surface area (Å²) < 4.78 is 0. The van der Waals surface area contributed by atoms with Crippen molar-refractivity contribution in [3.63, 3.8) is 0 Å². The maximum atomic E-state index is 12.3. The molecule has 1 aliphatic rings. The number of piperazine rings is 1. The Labute approximate surface area is 118 Å². The first-order valence-electron chi connectivity index (χ1n) is 7.68. The molecule has 3 atom stereocenters. The third-order valence-electron chi connectivity index (χ3n) is 4.32. The van der Waals surface area contributed by atoms with Crippen LogP contribution in [0.1, 0.15) is 40.0 Å². The number of carbonyl (C=O) groups is 1. The fourth-order valence-electron chi connectivity index (χ4n) is 2.85. The zero-order valence-electron chi connectivity index (χ0n) is 13.3. The summed E-state index contributed by atoms with van der Waals surface area (Å²) in [6, 6.07) is 0.545. The van der Waals surface area contributed by atoms with E-state index in [-0.39, 0.29) is 11.9 Å². The minimum atomic E-state index is 0.0118. The van der Waals surface area contributed by atoms with Gasteiger partial charge in [0.2, 0.25) is 5.91 Å². The summed E-state index contributed by atoms with van der Waals surface area (Å²) in [4.78, 5) is 16.5. The highest BCUT2D eigenvalue weighted by Crippen LogP contribution is 2.21. The van der Waals surface area contributed by atoms with E-state index in [1.165, 1.54) is 12.8 Å². The summed E-state index contributed by atoms with van der Waals surface area (Å²) in [5, 5.41) is 3.36. The van der Waals surface area contributed by atoms with Crippen molar-refractivity contribution >= 4 is 5.91 Å². The van der Waals surface area contributed by atoms with Gasteiger partial charge in [0.1, 0.15) is 6.04 Å². The summed E-state index contributed by atoms with van der Waals surface area (Å²) in [7, 11) is 3.70. The fourth-order valence-corrected chi connectivity index (χ4v) is 2.85. The lowest BCUT2D eigenvalue weighted by Gasteiger charge is -2.42. The first-order chi connectivity index (χ1) is 9.01. The molecule has 0 saturated carbocycles. The Morgan fingerprint density at radius 3 is 2.58 bits per heavy atom. The second-order valence-electron chi connectivity index (χ2n) is 6.00. The molecule has 1 saturated heterocycles. The Morgan fingerprint density at radius 1 is 1.37 bits per heavy atom. The van der Waals surface area contributed by atoms with Crippen LogP contribution in [-0.4, -0.2) is 61.5 Å². The summed E-state index contributed by atoms with van der Waals surface area (Å²) in [6.45, 7) is 9.57. The van der Waals surface area contributed by atoms with Gasteiger partial charge in [0, 0.05) is 39.8 Å². The molecule has 0 aromatic rings. The van der Waals surface area contributed by atoms with E-state index in [1.807, 2.05) is 14.1 Å². The smallest absolute Gasteiger partial charge is 0.240 e. The number of amides is 1. The molecular formula is C15H31N3O. The van der Waals surface area contributed by atoms with Crippen molar-refractivity contribution in [3.05, 3.63) is 0 Å². The molecule has 4 heteroatoms. The zero-order valence-corrected chi connectivity index (χ0v) is 13.3. The van der Waals surface area contributed by atoms with Crippen LogP contribution in [-0.2, 0) is 4.79 Å². The van der Waals surface area contributed by atoms with Crippen molar-refractivity contribution in [2.45, 2.75) is 52.1 Å². The van der Waals surface area contributed by atoms with Crippen LogP contribution in [0.3, 0.4) is 0 Å². The SMILES string of the molecule is CCC(C)CC(CC)N1CCNCC1C(=O)N(C)C. The molecule has 3 unspecified atom stereocenters. The van der Waals surface area contributed by atoms with Crippen LogP contribution in [0.15, 0.2) is 0 Å². The number of nitrogens with zero attached hydrogens (tertiary/aromatic N) is 2. The van der Waals surface area contributed by atoms with Crippen LogP contribution in [0.25, 0.3) is 0 Å². The zero-order chi connectivity index (χ0) is 14.4. The lowest BCUT2D eigenvalue weighted by molar-refractivity contribution is -0.136. The van der Waals surface area contributed by atoms with Gasteiger partial charge in [-0.3, -0.25) is 9.69 Å². The van der Waals surface area contributed by atoms with E-state index in [1.54, 1.807) is 4.90 Å². The lowest BCUT2D eigenvalue weighted by atomic mass is 9.94. The number of nitrogens with one attached hydrogen (secondary N) is 1. The van der Waals surface area contributed by atoms with E-state index >= 15 is 0 Å². The lowest BCUT2D eigenvalue weighted by Crippen LogP contribution is -2.60. The molecule has 0 aromatic heterocycles. The molecule has 0 spiro atoms. The van der Waals surface area contributed by atoms with Crippen LogP contribution in [0.4, 0.5) is 0 Å². The quantitative estimate of drug-likeness (QED) is 0.795. The van der Waals surface area contributed by atoms with Gasteiger partial charge in [-0.25, -0.2) is 0 Å². The largest absolute Gasteiger partial charge is 0.347 e. The fraction of sp³-hybridized carbons (Fsp3) is 0.933. The maximum Gasteiger partial charge on any atom is 0.240 e. The van der Waals surface area contributed by atoms with Crippen molar-refractivity contribution in [2.24, 2.45) is 5.92 Å². The Bertz CT molecular complexity index is 281. The van der Waals surface area contributed by atoms with E-state index in [9.17, 15) is 4.79 Å². The van der Waals surface area contributed by atoms with Gasteiger partial charge in [0.05, 0.1) is 0 Å². The Morgan fingerprint density at radius 2 is 2.05 bits per heavy atom. The number of hydrogen-bond donors (Lipinski definition) is 1. The Kier molecular flexibility index (Phi) is 6.80. The number of carbonyl (C=O) groups excluding carboxylic acids is 1. The second kappa shape index (κ2) is 7.85. The van der Waals surface area contributed by atoms with Crippen molar-refractivity contribution in [3.8, 4) is 0 Å². The number of hydrogen-bond acceptors (Lipinski definition) is 3. The van der Waals surface area contributed by atoms with Gasteiger partial charge >= 0.3 is 0 Å². The Hall–Kier alpha value is -0.610. The van der Waals surface area contributed by atoms with E-state index in [0.29, 0.717) is 6.04 Å². The average Bonchev–Trinajstić information content (AvgIpc) is 2.43.